The Bertz CT molecular complexity index is 615. The smallest absolute Gasteiger partial charge is 0.407 e. The van der Waals surface area contributed by atoms with Crippen molar-refractivity contribution >= 4 is 23.9 Å². The summed E-state index contributed by atoms with van der Waals surface area (Å²) >= 11 is 0. The lowest BCUT2D eigenvalue weighted by Gasteiger charge is -2.25. The van der Waals surface area contributed by atoms with Crippen LogP contribution in [0, 0.1) is 11.8 Å². The van der Waals surface area contributed by atoms with Crippen LogP contribution in [0.2, 0.25) is 0 Å². The van der Waals surface area contributed by atoms with Crippen molar-refractivity contribution in [3.63, 3.8) is 0 Å². The predicted octanol–water partition coefficient (Wildman–Crippen LogP) is 1.51. The average Bonchev–Trinajstić information content (AvgIpc) is 3.26. The second kappa shape index (κ2) is 10.5. The first kappa shape index (κ1) is 23.0. The van der Waals surface area contributed by atoms with E-state index in [1.54, 1.807) is 0 Å². The molecule has 0 aromatic rings. The highest BCUT2D eigenvalue weighted by Gasteiger charge is 2.36. The first-order valence-corrected chi connectivity index (χ1v) is 10.5. The fourth-order valence-electron chi connectivity index (χ4n) is 4.08. The van der Waals surface area contributed by atoms with Crippen molar-refractivity contribution < 1.29 is 29.0 Å². The number of aliphatic carboxylic acids is 1. The fraction of sp³-hybridized carbons (Fsp3) is 0.800. The maximum Gasteiger partial charge on any atom is 0.407 e. The number of alkyl carbamates (subject to hydrolysis) is 1. The molecule has 2 aliphatic rings. The Morgan fingerprint density at radius 1 is 1.17 bits per heavy atom. The van der Waals surface area contributed by atoms with Crippen molar-refractivity contribution in [2.45, 2.75) is 77.5 Å². The summed E-state index contributed by atoms with van der Waals surface area (Å²) in [6.07, 6.45) is 2.95. The number of carbonyl (C=O) groups excluding carboxylic acids is 3. The molecular formula is C20H33N3O6. The topological polar surface area (TPSA) is 125 Å². The number of carboxylic acids is 1. The Hall–Kier alpha value is -2.32. The normalized spacial score (nSPS) is 25.5. The predicted molar refractivity (Wildman–Crippen MR) is 105 cm³/mol. The number of nitrogens with zero attached hydrogens (tertiary/aromatic N) is 1. The molecule has 2 rings (SSSR count). The Morgan fingerprint density at radius 3 is 2.41 bits per heavy atom. The zero-order chi connectivity index (χ0) is 21.6. The van der Waals surface area contributed by atoms with Gasteiger partial charge in [-0.05, 0) is 43.9 Å². The summed E-state index contributed by atoms with van der Waals surface area (Å²) in [5, 5.41) is 14.2. The monoisotopic (exact) mass is 411 g/mol. The largest absolute Gasteiger partial charge is 0.480 e. The molecule has 0 spiro atoms. The molecule has 0 aromatic heterocycles. The van der Waals surface area contributed by atoms with E-state index in [-0.39, 0.29) is 18.6 Å². The van der Waals surface area contributed by atoms with Crippen LogP contribution in [0.4, 0.5) is 4.79 Å². The maximum atomic E-state index is 12.5. The lowest BCUT2D eigenvalue weighted by Crippen LogP contribution is -2.52. The minimum atomic E-state index is -1.09. The van der Waals surface area contributed by atoms with Gasteiger partial charge in [0.1, 0.15) is 24.7 Å². The molecule has 9 heteroatoms. The van der Waals surface area contributed by atoms with Crippen molar-refractivity contribution in [3.8, 4) is 0 Å². The van der Waals surface area contributed by atoms with Crippen LogP contribution in [0.25, 0.3) is 0 Å². The Morgan fingerprint density at radius 2 is 1.83 bits per heavy atom. The van der Waals surface area contributed by atoms with Crippen LogP contribution in [-0.2, 0) is 19.1 Å². The molecule has 2 fully saturated rings. The average molecular weight is 411 g/mol. The molecule has 0 aromatic carbocycles. The number of nitrogens with one attached hydrogen (secondary N) is 2. The van der Waals surface area contributed by atoms with E-state index in [2.05, 4.69) is 24.5 Å². The summed E-state index contributed by atoms with van der Waals surface area (Å²) in [7, 11) is 0. The first-order valence-electron chi connectivity index (χ1n) is 10.5. The molecule has 3 amide bonds. The lowest BCUT2D eigenvalue weighted by molar-refractivity contribution is -0.143. The molecule has 3 N–H and O–H groups in total. The molecule has 9 nitrogen and oxygen atoms in total. The van der Waals surface area contributed by atoms with E-state index >= 15 is 0 Å². The molecule has 1 saturated carbocycles. The second-order valence-corrected chi connectivity index (χ2v) is 8.24. The van der Waals surface area contributed by atoms with Gasteiger partial charge in [0.2, 0.25) is 11.8 Å². The third-order valence-corrected chi connectivity index (χ3v) is 5.97. The maximum absolute atomic E-state index is 12.5. The van der Waals surface area contributed by atoms with Gasteiger partial charge in [0.05, 0.1) is 0 Å². The van der Waals surface area contributed by atoms with Crippen LogP contribution in [-0.4, -0.2) is 65.2 Å². The van der Waals surface area contributed by atoms with Crippen LogP contribution < -0.4 is 10.6 Å². The van der Waals surface area contributed by atoms with Gasteiger partial charge in [-0.25, -0.2) is 9.59 Å². The lowest BCUT2D eigenvalue weighted by atomic mass is 10.0. The number of carboxylic acid groups (broad SMARTS) is 1. The van der Waals surface area contributed by atoms with Gasteiger partial charge in [-0.2, -0.15) is 0 Å². The number of rotatable bonds is 8. The van der Waals surface area contributed by atoms with Crippen LogP contribution >= 0.6 is 0 Å². The van der Waals surface area contributed by atoms with Gasteiger partial charge >= 0.3 is 12.1 Å². The van der Waals surface area contributed by atoms with Gasteiger partial charge in [-0.15, -0.1) is 0 Å². The molecule has 1 saturated heterocycles. The van der Waals surface area contributed by atoms with Crippen LogP contribution in [0.5, 0.6) is 0 Å². The van der Waals surface area contributed by atoms with Gasteiger partial charge in [0.25, 0.3) is 0 Å². The zero-order valence-corrected chi connectivity index (χ0v) is 17.5. The minimum absolute atomic E-state index is 0.132. The Labute approximate surface area is 171 Å². The van der Waals surface area contributed by atoms with E-state index in [0.29, 0.717) is 44.1 Å². The van der Waals surface area contributed by atoms with Gasteiger partial charge in [0.15, 0.2) is 0 Å². The third kappa shape index (κ3) is 6.33. The number of likely N-dealkylation sites (tertiary alicyclic amines) is 1. The highest BCUT2D eigenvalue weighted by atomic mass is 16.6. The summed E-state index contributed by atoms with van der Waals surface area (Å²) in [5.74, 6) is -0.930. The molecule has 1 heterocycles. The van der Waals surface area contributed by atoms with E-state index in [4.69, 9.17) is 4.74 Å². The van der Waals surface area contributed by atoms with Crippen molar-refractivity contribution in [3.05, 3.63) is 0 Å². The molecule has 4 atom stereocenters. The summed E-state index contributed by atoms with van der Waals surface area (Å²) in [4.78, 5) is 49.7. The Kier molecular flexibility index (Phi) is 8.28. The van der Waals surface area contributed by atoms with E-state index in [1.807, 2.05) is 6.92 Å². The van der Waals surface area contributed by atoms with Crippen molar-refractivity contribution in [1.82, 2.24) is 15.5 Å². The van der Waals surface area contributed by atoms with Gasteiger partial charge in [-0.3, -0.25) is 9.59 Å². The minimum Gasteiger partial charge on any atom is -0.480 e. The van der Waals surface area contributed by atoms with Gasteiger partial charge < -0.3 is 25.4 Å². The van der Waals surface area contributed by atoms with Crippen LogP contribution in [0.1, 0.15) is 59.3 Å². The van der Waals surface area contributed by atoms with Gasteiger partial charge in [0, 0.05) is 6.54 Å². The number of ether oxygens (including phenoxy) is 1. The fourth-order valence-corrected chi connectivity index (χ4v) is 4.08. The summed E-state index contributed by atoms with van der Waals surface area (Å²) in [6, 6.07) is -1.68. The number of carbonyl (C=O) groups is 4. The molecule has 0 bridgehead atoms. The Balaban J connectivity index is 1.82. The number of hydrogen-bond donors (Lipinski definition) is 3. The van der Waals surface area contributed by atoms with E-state index < -0.39 is 30.1 Å². The molecule has 0 unspecified atom stereocenters. The molecule has 0 radical (unpaired) electrons. The number of amides is 3. The van der Waals surface area contributed by atoms with E-state index in [0.717, 1.165) is 12.8 Å². The molecule has 29 heavy (non-hydrogen) atoms. The first-order chi connectivity index (χ1) is 13.7. The number of hydrogen-bond acceptors (Lipinski definition) is 5. The summed E-state index contributed by atoms with van der Waals surface area (Å²) in [6.45, 7) is 6.24. The zero-order valence-electron chi connectivity index (χ0n) is 17.5. The SMILES string of the molecule is CCC[C@@H](NC(=O)[C@@H]1CCCN1C(=O)CNC(=O)OC1C[C@H](C)[C@@H](C)C1)C(=O)O. The quantitative estimate of drug-likeness (QED) is 0.556. The van der Waals surface area contributed by atoms with E-state index in [1.165, 1.54) is 4.90 Å². The summed E-state index contributed by atoms with van der Waals surface area (Å²) in [5.41, 5.74) is 0. The van der Waals surface area contributed by atoms with Crippen molar-refractivity contribution in [1.29, 1.82) is 0 Å². The van der Waals surface area contributed by atoms with Crippen LogP contribution in [0.15, 0.2) is 0 Å². The summed E-state index contributed by atoms with van der Waals surface area (Å²) < 4.78 is 5.38. The molecule has 1 aliphatic carbocycles. The standard InChI is InChI=1S/C20H33N3O6/c1-4-6-15(19(26)27)22-18(25)16-7-5-8-23(16)17(24)11-21-20(28)29-14-9-12(2)13(3)10-14/h12-16H,4-11H2,1-3H3,(H,21,28)(H,22,25)(H,26,27)/t12-,13-,15+,16-/m0/s1. The van der Waals surface area contributed by atoms with Crippen molar-refractivity contribution in [2.24, 2.45) is 11.8 Å². The van der Waals surface area contributed by atoms with Crippen molar-refractivity contribution in [2.75, 3.05) is 13.1 Å². The molecular weight excluding hydrogens is 378 g/mol. The second-order valence-electron chi connectivity index (χ2n) is 8.24. The van der Waals surface area contributed by atoms with Gasteiger partial charge in [-0.1, -0.05) is 27.2 Å². The molecule has 1 aliphatic heterocycles. The van der Waals surface area contributed by atoms with Crippen LogP contribution in [0.3, 0.4) is 0 Å². The third-order valence-electron chi connectivity index (χ3n) is 5.97. The van der Waals surface area contributed by atoms with E-state index in [9.17, 15) is 24.3 Å². The molecule has 164 valence electrons. The highest BCUT2D eigenvalue weighted by molar-refractivity contribution is 5.92. The highest BCUT2D eigenvalue weighted by Crippen LogP contribution is 2.32.